The molecule has 0 radical (unpaired) electrons. The first-order chi connectivity index (χ1) is 5.31. The summed E-state index contributed by atoms with van der Waals surface area (Å²) >= 11 is 0. The van der Waals surface area contributed by atoms with Gasteiger partial charge in [-0.15, -0.1) is 0 Å². The number of methoxy groups -OCH3 is 1. The highest BCUT2D eigenvalue weighted by Crippen LogP contribution is 1.99. The van der Waals surface area contributed by atoms with Gasteiger partial charge in [0.05, 0.1) is 7.11 Å². The minimum Gasteiger partial charge on any atom is -0.466 e. The lowest BCUT2D eigenvalue weighted by atomic mass is 10.2. The van der Waals surface area contributed by atoms with Crippen molar-refractivity contribution in [3.8, 4) is 0 Å². The fourth-order valence-electron chi connectivity index (χ4n) is 0.760. The summed E-state index contributed by atoms with van der Waals surface area (Å²) in [5, 5.41) is 0. The van der Waals surface area contributed by atoms with Gasteiger partial charge in [0.15, 0.2) is 0 Å². The van der Waals surface area contributed by atoms with Crippen LogP contribution in [0.5, 0.6) is 0 Å². The first-order valence-corrected chi connectivity index (χ1v) is 4.05. The van der Waals surface area contributed by atoms with E-state index in [0.717, 1.165) is 12.8 Å². The van der Waals surface area contributed by atoms with Crippen LogP contribution >= 0.6 is 0 Å². The van der Waals surface area contributed by atoms with Crippen LogP contribution in [0.1, 0.15) is 32.6 Å². The molecule has 0 saturated heterocycles. The van der Waals surface area contributed by atoms with Crippen molar-refractivity contribution in [3.05, 3.63) is 12.2 Å². The molecule has 0 aliphatic heterocycles. The van der Waals surface area contributed by atoms with Crippen molar-refractivity contribution in [1.82, 2.24) is 0 Å². The second-order valence-corrected chi connectivity index (χ2v) is 2.42. The lowest BCUT2D eigenvalue weighted by Crippen LogP contribution is -1.93. The van der Waals surface area contributed by atoms with Crippen molar-refractivity contribution < 1.29 is 9.53 Å². The molecule has 0 unspecified atom stereocenters. The van der Waals surface area contributed by atoms with Crippen molar-refractivity contribution in [3.63, 3.8) is 0 Å². The Bertz CT molecular complexity index is 128. The molecule has 0 aromatic heterocycles. The first-order valence-electron chi connectivity index (χ1n) is 4.05. The fraction of sp³-hybridized carbons (Fsp3) is 0.667. The van der Waals surface area contributed by atoms with Gasteiger partial charge in [0.2, 0.25) is 0 Å². The summed E-state index contributed by atoms with van der Waals surface area (Å²) in [6.07, 6.45) is 7.92. The van der Waals surface area contributed by atoms with Gasteiger partial charge >= 0.3 is 5.97 Å². The molecule has 0 aliphatic carbocycles. The maximum absolute atomic E-state index is 10.5. The number of hydrogen-bond donors (Lipinski definition) is 0. The predicted octanol–water partition coefficient (Wildman–Crippen LogP) is 2.30. The molecule has 0 heterocycles. The van der Waals surface area contributed by atoms with E-state index < -0.39 is 0 Å². The highest BCUT2D eigenvalue weighted by molar-refractivity contribution is 5.81. The van der Waals surface area contributed by atoms with Gasteiger partial charge in [0.1, 0.15) is 0 Å². The monoisotopic (exact) mass is 156 g/mol. The zero-order valence-corrected chi connectivity index (χ0v) is 7.30. The summed E-state index contributed by atoms with van der Waals surface area (Å²) in [6.45, 7) is 2.16. The molecule has 2 heteroatoms. The van der Waals surface area contributed by atoms with Gasteiger partial charge in [0, 0.05) is 6.08 Å². The van der Waals surface area contributed by atoms with Crippen LogP contribution in [0.25, 0.3) is 0 Å². The van der Waals surface area contributed by atoms with E-state index in [2.05, 4.69) is 11.7 Å². The average molecular weight is 156 g/mol. The maximum Gasteiger partial charge on any atom is 0.330 e. The van der Waals surface area contributed by atoms with Crippen molar-refractivity contribution in [2.75, 3.05) is 7.11 Å². The van der Waals surface area contributed by atoms with Gasteiger partial charge in [-0.3, -0.25) is 0 Å². The molecule has 0 spiro atoms. The molecule has 0 rings (SSSR count). The first kappa shape index (κ1) is 10.2. The number of esters is 1. The molecule has 0 aromatic rings. The van der Waals surface area contributed by atoms with Crippen LogP contribution in [0.15, 0.2) is 12.2 Å². The van der Waals surface area contributed by atoms with Gasteiger partial charge in [-0.2, -0.15) is 0 Å². The van der Waals surface area contributed by atoms with Gasteiger partial charge in [0.25, 0.3) is 0 Å². The molecular weight excluding hydrogens is 140 g/mol. The van der Waals surface area contributed by atoms with Crippen LogP contribution < -0.4 is 0 Å². The Hall–Kier alpha value is -0.790. The molecule has 64 valence electrons. The summed E-state index contributed by atoms with van der Waals surface area (Å²) in [5.41, 5.74) is 0. The van der Waals surface area contributed by atoms with Crippen molar-refractivity contribution in [1.29, 1.82) is 0 Å². The highest BCUT2D eigenvalue weighted by atomic mass is 16.5. The van der Waals surface area contributed by atoms with E-state index in [1.54, 1.807) is 0 Å². The standard InChI is InChI=1S/C9H16O2/c1-3-4-5-6-7-8-9(10)11-2/h7-8H,3-6H2,1-2H3. The number of rotatable bonds is 5. The number of hydrogen-bond acceptors (Lipinski definition) is 2. The Morgan fingerprint density at radius 2 is 2.18 bits per heavy atom. The van der Waals surface area contributed by atoms with Crippen molar-refractivity contribution in [2.45, 2.75) is 32.6 Å². The van der Waals surface area contributed by atoms with Crippen LogP contribution in [0.2, 0.25) is 0 Å². The molecule has 2 nitrogen and oxygen atoms in total. The van der Waals surface area contributed by atoms with Gasteiger partial charge in [-0.05, 0) is 12.8 Å². The Morgan fingerprint density at radius 1 is 1.45 bits per heavy atom. The predicted molar refractivity (Wildman–Crippen MR) is 45.3 cm³/mol. The zero-order valence-electron chi connectivity index (χ0n) is 7.30. The molecule has 11 heavy (non-hydrogen) atoms. The van der Waals surface area contributed by atoms with Crippen LogP contribution in [-0.2, 0) is 9.53 Å². The van der Waals surface area contributed by atoms with Crippen LogP contribution in [0.3, 0.4) is 0 Å². The molecule has 0 saturated carbocycles. The summed E-state index contributed by atoms with van der Waals surface area (Å²) in [7, 11) is 1.39. The Kier molecular flexibility index (Phi) is 6.79. The normalized spacial score (nSPS) is 10.4. The van der Waals surface area contributed by atoms with Crippen molar-refractivity contribution >= 4 is 5.97 Å². The zero-order chi connectivity index (χ0) is 8.53. The summed E-state index contributed by atoms with van der Waals surface area (Å²) in [4.78, 5) is 10.5. The minimum absolute atomic E-state index is 0.263. The maximum atomic E-state index is 10.5. The third-order valence-corrected chi connectivity index (χ3v) is 1.43. The number of carbonyl (C=O) groups excluding carboxylic acids is 1. The van der Waals surface area contributed by atoms with E-state index in [1.165, 1.54) is 26.0 Å². The number of allylic oxidation sites excluding steroid dienone is 1. The van der Waals surface area contributed by atoms with Crippen LogP contribution in [0, 0.1) is 0 Å². The molecule has 0 aromatic carbocycles. The smallest absolute Gasteiger partial charge is 0.330 e. The van der Waals surface area contributed by atoms with Gasteiger partial charge < -0.3 is 4.74 Å². The van der Waals surface area contributed by atoms with E-state index in [0.29, 0.717) is 0 Å². The van der Waals surface area contributed by atoms with Crippen LogP contribution in [-0.4, -0.2) is 13.1 Å². The molecule has 0 aliphatic rings. The third-order valence-electron chi connectivity index (χ3n) is 1.43. The van der Waals surface area contributed by atoms with E-state index in [9.17, 15) is 4.79 Å². The molecule has 0 bridgehead atoms. The van der Waals surface area contributed by atoms with E-state index in [-0.39, 0.29) is 5.97 Å². The molecule has 0 atom stereocenters. The summed E-state index contributed by atoms with van der Waals surface area (Å²) in [6, 6.07) is 0. The fourth-order valence-corrected chi connectivity index (χ4v) is 0.760. The summed E-state index contributed by atoms with van der Waals surface area (Å²) in [5.74, 6) is -0.263. The SMILES string of the molecule is CCCCCC=CC(=O)OC. The number of ether oxygens (including phenoxy) is 1. The molecular formula is C9H16O2. The minimum atomic E-state index is -0.263. The topological polar surface area (TPSA) is 26.3 Å². The quantitative estimate of drug-likeness (QED) is 0.347. The molecule has 0 fully saturated rings. The second-order valence-electron chi connectivity index (χ2n) is 2.42. The van der Waals surface area contributed by atoms with Gasteiger partial charge in [-0.1, -0.05) is 25.8 Å². The third kappa shape index (κ3) is 7.10. The molecule has 0 N–H and O–H groups in total. The Balaban J connectivity index is 3.22. The van der Waals surface area contributed by atoms with Crippen molar-refractivity contribution in [2.24, 2.45) is 0 Å². The second kappa shape index (κ2) is 7.32. The Labute approximate surface area is 68.2 Å². The molecule has 0 amide bonds. The van der Waals surface area contributed by atoms with E-state index in [4.69, 9.17) is 0 Å². The summed E-state index contributed by atoms with van der Waals surface area (Å²) < 4.78 is 4.43. The number of carbonyl (C=O) groups is 1. The Morgan fingerprint density at radius 3 is 2.73 bits per heavy atom. The largest absolute Gasteiger partial charge is 0.466 e. The van der Waals surface area contributed by atoms with Crippen LogP contribution in [0.4, 0.5) is 0 Å². The average Bonchev–Trinajstić information content (AvgIpc) is 2.04. The van der Waals surface area contributed by atoms with E-state index >= 15 is 0 Å². The van der Waals surface area contributed by atoms with Gasteiger partial charge in [-0.25, -0.2) is 4.79 Å². The highest BCUT2D eigenvalue weighted by Gasteiger charge is 1.88. The number of unbranched alkanes of at least 4 members (excludes halogenated alkanes) is 3. The van der Waals surface area contributed by atoms with E-state index in [1.807, 2.05) is 6.08 Å². The lowest BCUT2D eigenvalue weighted by Gasteiger charge is -1.91. The lowest BCUT2D eigenvalue weighted by molar-refractivity contribution is -0.134.